The Morgan fingerprint density at radius 3 is 2.57 bits per heavy atom. The van der Waals surface area contributed by atoms with E-state index in [0.29, 0.717) is 40.0 Å². The number of hydrogen-bond donors (Lipinski definition) is 2. The molecule has 30 heavy (non-hydrogen) atoms. The molecule has 9 heteroatoms. The third-order valence-corrected chi connectivity index (χ3v) is 5.00. The van der Waals surface area contributed by atoms with Crippen molar-refractivity contribution in [3.63, 3.8) is 0 Å². The number of fused-ring (bicyclic) bond motifs is 1. The number of nitrogens with one attached hydrogen (secondary N) is 2. The minimum Gasteiger partial charge on any atom is -0.497 e. The van der Waals surface area contributed by atoms with Gasteiger partial charge >= 0.3 is 0 Å². The number of anilines is 2. The summed E-state index contributed by atoms with van der Waals surface area (Å²) in [4.78, 5) is 13.4. The molecule has 154 valence electrons. The van der Waals surface area contributed by atoms with E-state index < -0.39 is 6.04 Å². The van der Waals surface area contributed by atoms with Gasteiger partial charge in [-0.05, 0) is 54.6 Å². The van der Waals surface area contributed by atoms with Crippen LogP contribution in [0.25, 0.3) is 0 Å². The standard InChI is InChI=1S/C21H22N6O3/c1-12-5-7-14(8-6-12)23-20(28)18-13(2)22-21-24-25-26-27(21)19(18)16-11-15(29-3)9-10-17(16)30-4/h5-11,19H,1-4H3,(H,23,28)(H,22,24,26)/t19-/m0/s1. The molecule has 0 spiro atoms. The number of nitrogens with zero attached hydrogens (tertiary/aromatic N) is 4. The number of methoxy groups -OCH3 is 2. The lowest BCUT2D eigenvalue weighted by atomic mass is 9.94. The van der Waals surface area contributed by atoms with Gasteiger partial charge in [0.2, 0.25) is 5.95 Å². The number of rotatable bonds is 5. The minimum atomic E-state index is -0.605. The SMILES string of the molecule is COc1ccc(OC)c([C@H]2C(C(=O)Nc3ccc(C)cc3)=C(C)Nc3nnnn32)c1. The van der Waals surface area contributed by atoms with Gasteiger partial charge in [0.25, 0.3) is 5.91 Å². The van der Waals surface area contributed by atoms with Crippen LogP contribution in [0.5, 0.6) is 11.5 Å². The molecule has 1 aliphatic rings. The minimum absolute atomic E-state index is 0.264. The van der Waals surface area contributed by atoms with Gasteiger partial charge in [-0.1, -0.05) is 22.8 Å². The van der Waals surface area contributed by atoms with Gasteiger partial charge < -0.3 is 20.1 Å². The van der Waals surface area contributed by atoms with Crippen LogP contribution in [0.2, 0.25) is 0 Å². The molecule has 0 saturated heterocycles. The first kappa shape index (κ1) is 19.4. The van der Waals surface area contributed by atoms with Crippen LogP contribution in [0.1, 0.15) is 24.1 Å². The summed E-state index contributed by atoms with van der Waals surface area (Å²) in [7, 11) is 3.16. The number of carbonyl (C=O) groups excluding carboxylic acids is 1. The normalized spacial score (nSPS) is 15.3. The Morgan fingerprint density at radius 2 is 1.87 bits per heavy atom. The second-order valence-corrected chi connectivity index (χ2v) is 6.94. The quantitative estimate of drug-likeness (QED) is 0.671. The largest absolute Gasteiger partial charge is 0.497 e. The zero-order chi connectivity index (χ0) is 21.3. The topological polar surface area (TPSA) is 103 Å². The van der Waals surface area contributed by atoms with E-state index in [1.165, 1.54) is 0 Å². The van der Waals surface area contributed by atoms with Crippen LogP contribution in [-0.4, -0.2) is 40.3 Å². The molecular weight excluding hydrogens is 384 g/mol. The number of aromatic nitrogens is 4. The number of hydrogen-bond acceptors (Lipinski definition) is 7. The van der Waals surface area contributed by atoms with E-state index in [4.69, 9.17) is 9.47 Å². The first-order valence-corrected chi connectivity index (χ1v) is 9.37. The number of aryl methyl sites for hydroxylation is 1. The molecule has 1 amide bonds. The molecular formula is C21H22N6O3. The fourth-order valence-electron chi connectivity index (χ4n) is 3.48. The highest BCUT2D eigenvalue weighted by atomic mass is 16.5. The average molecular weight is 406 g/mol. The van der Waals surface area contributed by atoms with Gasteiger partial charge in [-0.3, -0.25) is 4.79 Å². The summed E-state index contributed by atoms with van der Waals surface area (Å²) in [6.45, 7) is 3.82. The molecule has 0 unspecified atom stereocenters. The van der Waals surface area contributed by atoms with Crippen molar-refractivity contribution in [2.75, 3.05) is 24.9 Å². The maximum absolute atomic E-state index is 13.4. The average Bonchev–Trinajstić information content (AvgIpc) is 3.21. The predicted molar refractivity (Wildman–Crippen MR) is 112 cm³/mol. The Kier molecular flexibility index (Phi) is 5.09. The molecule has 2 aromatic carbocycles. The van der Waals surface area contributed by atoms with Crippen molar-refractivity contribution in [2.24, 2.45) is 0 Å². The van der Waals surface area contributed by atoms with E-state index in [0.717, 1.165) is 5.56 Å². The molecule has 9 nitrogen and oxygen atoms in total. The fraction of sp³-hybridized carbons (Fsp3) is 0.238. The van der Waals surface area contributed by atoms with Gasteiger partial charge in [-0.15, -0.1) is 0 Å². The Bertz CT molecular complexity index is 1120. The molecule has 3 aromatic rings. The molecule has 1 aromatic heterocycles. The van der Waals surface area contributed by atoms with Crippen LogP contribution in [0.4, 0.5) is 11.6 Å². The van der Waals surface area contributed by atoms with Gasteiger partial charge in [0, 0.05) is 16.9 Å². The Hall–Kier alpha value is -3.88. The Balaban J connectivity index is 1.82. The number of tetrazole rings is 1. The zero-order valence-corrected chi connectivity index (χ0v) is 17.1. The Morgan fingerprint density at radius 1 is 1.10 bits per heavy atom. The summed E-state index contributed by atoms with van der Waals surface area (Å²) in [6.07, 6.45) is 0. The van der Waals surface area contributed by atoms with Crippen molar-refractivity contribution < 1.29 is 14.3 Å². The fourth-order valence-corrected chi connectivity index (χ4v) is 3.48. The van der Waals surface area contributed by atoms with Crippen molar-refractivity contribution >= 4 is 17.5 Å². The third-order valence-electron chi connectivity index (χ3n) is 5.00. The van der Waals surface area contributed by atoms with Crippen molar-refractivity contribution in [1.29, 1.82) is 0 Å². The highest BCUT2D eigenvalue weighted by molar-refractivity contribution is 6.06. The molecule has 4 rings (SSSR count). The van der Waals surface area contributed by atoms with E-state index in [2.05, 4.69) is 26.2 Å². The lowest BCUT2D eigenvalue weighted by Crippen LogP contribution is -2.31. The highest BCUT2D eigenvalue weighted by Crippen LogP contribution is 2.40. The van der Waals surface area contributed by atoms with Crippen LogP contribution in [0, 0.1) is 6.92 Å². The van der Waals surface area contributed by atoms with Gasteiger partial charge in [-0.25, -0.2) is 0 Å². The van der Waals surface area contributed by atoms with Crippen LogP contribution in [0.3, 0.4) is 0 Å². The molecule has 0 aliphatic carbocycles. The summed E-state index contributed by atoms with van der Waals surface area (Å²) < 4.78 is 12.5. The second kappa shape index (κ2) is 7.86. The predicted octanol–water partition coefficient (Wildman–Crippen LogP) is 2.93. The maximum Gasteiger partial charge on any atom is 0.255 e. The monoisotopic (exact) mass is 406 g/mol. The third kappa shape index (κ3) is 3.45. The van der Waals surface area contributed by atoms with Crippen molar-refractivity contribution in [3.8, 4) is 11.5 Å². The molecule has 2 N–H and O–H groups in total. The molecule has 2 heterocycles. The van der Waals surface area contributed by atoms with Crippen LogP contribution in [0.15, 0.2) is 53.7 Å². The van der Waals surface area contributed by atoms with Crippen molar-refractivity contribution in [1.82, 2.24) is 20.2 Å². The summed E-state index contributed by atoms with van der Waals surface area (Å²) in [5.74, 6) is 1.40. The van der Waals surface area contributed by atoms with Gasteiger partial charge in [-0.2, -0.15) is 4.68 Å². The van der Waals surface area contributed by atoms with E-state index >= 15 is 0 Å². The smallest absolute Gasteiger partial charge is 0.255 e. The van der Waals surface area contributed by atoms with E-state index in [1.807, 2.05) is 44.2 Å². The lowest BCUT2D eigenvalue weighted by molar-refractivity contribution is -0.113. The number of ether oxygens (including phenoxy) is 2. The molecule has 1 aliphatic heterocycles. The number of carbonyl (C=O) groups is 1. The van der Waals surface area contributed by atoms with Crippen LogP contribution < -0.4 is 20.1 Å². The molecule has 1 atom stereocenters. The van der Waals surface area contributed by atoms with E-state index in [9.17, 15) is 4.79 Å². The summed E-state index contributed by atoms with van der Waals surface area (Å²) >= 11 is 0. The summed E-state index contributed by atoms with van der Waals surface area (Å²) in [5, 5.41) is 18.0. The first-order valence-electron chi connectivity index (χ1n) is 9.37. The first-order chi connectivity index (χ1) is 14.5. The number of benzene rings is 2. The summed E-state index contributed by atoms with van der Waals surface area (Å²) in [5.41, 5.74) is 3.64. The van der Waals surface area contributed by atoms with Crippen LogP contribution >= 0.6 is 0 Å². The van der Waals surface area contributed by atoms with Gasteiger partial charge in [0.15, 0.2) is 0 Å². The summed E-state index contributed by atoms with van der Waals surface area (Å²) in [6, 6.07) is 12.4. The molecule has 0 bridgehead atoms. The van der Waals surface area contributed by atoms with Crippen molar-refractivity contribution in [2.45, 2.75) is 19.9 Å². The number of amides is 1. The maximum atomic E-state index is 13.4. The molecule has 0 saturated carbocycles. The van der Waals surface area contributed by atoms with Gasteiger partial charge in [0.05, 0.1) is 19.8 Å². The second-order valence-electron chi connectivity index (χ2n) is 6.94. The highest BCUT2D eigenvalue weighted by Gasteiger charge is 2.36. The lowest BCUT2D eigenvalue weighted by Gasteiger charge is -2.29. The molecule has 0 radical (unpaired) electrons. The van der Waals surface area contributed by atoms with Gasteiger partial charge in [0.1, 0.15) is 17.5 Å². The van der Waals surface area contributed by atoms with E-state index in [-0.39, 0.29) is 5.91 Å². The zero-order valence-electron chi connectivity index (χ0n) is 17.1. The van der Waals surface area contributed by atoms with Crippen molar-refractivity contribution in [3.05, 3.63) is 64.9 Å². The molecule has 0 fully saturated rings. The number of allylic oxidation sites excluding steroid dienone is 1. The Labute approximate surface area is 173 Å². The van der Waals surface area contributed by atoms with E-state index in [1.54, 1.807) is 31.0 Å². The van der Waals surface area contributed by atoms with Crippen LogP contribution in [-0.2, 0) is 4.79 Å².